The zero-order chi connectivity index (χ0) is 24.0. The lowest BCUT2D eigenvalue weighted by Gasteiger charge is -2.36. The molecule has 2 aromatic rings. The van der Waals surface area contributed by atoms with Crippen LogP contribution in [0.5, 0.6) is 0 Å². The Morgan fingerprint density at radius 2 is 1.85 bits per heavy atom. The fourth-order valence-corrected chi connectivity index (χ4v) is 3.73. The van der Waals surface area contributed by atoms with Crippen LogP contribution in [-0.4, -0.2) is 73.5 Å². The first-order chi connectivity index (χ1) is 15.6. The summed E-state index contributed by atoms with van der Waals surface area (Å²) in [7, 11) is 4.34. The molecule has 182 valence electrons. The number of hydrogen-bond acceptors (Lipinski definition) is 8. The topological polar surface area (TPSA) is 132 Å². The second kappa shape index (κ2) is 10.8. The van der Waals surface area contributed by atoms with Gasteiger partial charge in [-0.25, -0.2) is 19.7 Å². The first-order valence-electron chi connectivity index (χ1n) is 10.8. The fourth-order valence-electron chi connectivity index (χ4n) is 3.73. The Labute approximate surface area is 189 Å². The summed E-state index contributed by atoms with van der Waals surface area (Å²) >= 11 is 0. The Morgan fingerprint density at radius 3 is 2.42 bits per heavy atom. The van der Waals surface area contributed by atoms with Crippen molar-refractivity contribution in [2.45, 2.75) is 69.2 Å². The molecule has 2 unspecified atom stereocenters. The van der Waals surface area contributed by atoms with Crippen LogP contribution in [0.4, 0.5) is 24.8 Å². The molecule has 2 aliphatic rings. The lowest BCUT2D eigenvalue weighted by molar-refractivity contribution is -0.192. The molecule has 0 aromatic carbocycles. The maximum absolute atomic E-state index is 10.6. The number of anilines is 2. The molecule has 2 heterocycles. The second-order valence-electron chi connectivity index (χ2n) is 8.43. The van der Waals surface area contributed by atoms with Crippen molar-refractivity contribution >= 4 is 17.6 Å². The van der Waals surface area contributed by atoms with E-state index in [9.17, 15) is 13.2 Å². The Morgan fingerprint density at radius 1 is 1.18 bits per heavy atom. The van der Waals surface area contributed by atoms with Gasteiger partial charge in [-0.1, -0.05) is 12.8 Å². The van der Waals surface area contributed by atoms with Gasteiger partial charge >= 0.3 is 12.1 Å². The number of hydrogen-bond donors (Lipinski definition) is 4. The van der Waals surface area contributed by atoms with Crippen LogP contribution >= 0.6 is 0 Å². The first-order valence-corrected chi connectivity index (χ1v) is 10.8. The Bertz CT molecular complexity index is 903. The number of H-pyrrole nitrogens is 1. The van der Waals surface area contributed by atoms with E-state index in [-0.39, 0.29) is 0 Å². The molecular weight excluding hydrogens is 441 g/mol. The molecule has 2 aromatic heterocycles. The smallest absolute Gasteiger partial charge is 0.475 e. The maximum atomic E-state index is 10.6. The highest BCUT2D eigenvalue weighted by molar-refractivity contribution is 5.73. The molecule has 4 rings (SSSR count). The first kappa shape index (κ1) is 24.7. The molecule has 2 atom stereocenters. The van der Waals surface area contributed by atoms with E-state index in [1.54, 1.807) is 0 Å². The molecule has 2 fully saturated rings. The standard InChI is InChI=1S/C18H28N8.C2HF3O2/c1-26(2)14-6-4-3-5-13(14)22-16-9-15(19-10-17-20-11-21-25-17)23-18(24-16)12-7-8-12;3-2(4,5)1(6)7/h9,11-14H,3-8,10H2,1-2H3,(H,20,21,25)(H2,19,22,23,24);(H,6,7). The van der Waals surface area contributed by atoms with Gasteiger partial charge in [0.25, 0.3) is 0 Å². The molecule has 0 bridgehead atoms. The molecule has 10 nitrogen and oxygen atoms in total. The minimum Gasteiger partial charge on any atom is -0.475 e. The summed E-state index contributed by atoms with van der Waals surface area (Å²) in [6, 6.07) is 3.00. The van der Waals surface area contributed by atoms with Crippen LogP contribution in [0.1, 0.15) is 56.1 Å². The van der Waals surface area contributed by atoms with Gasteiger partial charge in [0.1, 0.15) is 29.6 Å². The van der Waals surface area contributed by atoms with Crippen molar-refractivity contribution in [1.82, 2.24) is 30.0 Å². The van der Waals surface area contributed by atoms with E-state index in [1.165, 1.54) is 44.9 Å². The van der Waals surface area contributed by atoms with Crippen molar-refractivity contribution in [3.05, 3.63) is 24.0 Å². The average Bonchev–Trinajstić information content (AvgIpc) is 3.48. The van der Waals surface area contributed by atoms with Gasteiger partial charge in [-0.15, -0.1) is 0 Å². The number of halogens is 3. The number of carbonyl (C=O) groups is 1. The van der Waals surface area contributed by atoms with Crippen LogP contribution in [-0.2, 0) is 11.3 Å². The third-order valence-electron chi connectivity index (χ3n) is 5.56. The molecule has 13 heteroatoms. The van der Waals surface area contributed by atoms with Crippen LogP contribution in [0.3, 0.4) is 0 Å². The van der Waals surface area contributed by atoms with E-state index in [1.807, 2.05) is 6.07 Å². The average molecular weight is 471 g/mol. The molecule has 0 saturated heterocycles. The molecule has 2 saturated carbocycles. The number of carboxylic acid groups (broad SMARTS) is 1. The molecular formula is C20H29F3N8O2. The number of nitrogens with zero attached hydrogens (tertiary/aromatic N) is 5. The number of aromatic amines is 1. The van der Waals surface area contributed by atoms with Gasteiger partial charge in [-0.05, 0) is 39.8 Å². The van der Waals surface area contributed by atoms with Crippen LogP contribution in [0, 0.1) is 0 Å². The van der Waals surface area contributed by atoms with Crippen molar-refractivity contribution in [1.29, 1.82) is 0 Å². The molecule has 0 aliphatic heterocycles. The summed E-state index contributed by atoms with van der Waals surface area (Å²) in [4.78, 5) is 24.9. The Kier molecular flexibility index (Phi) is 8.06. The van der Waals surface area contributed by atoms with Crippen molar-refractivity contribution < 1.29 is 23.1 Å². The highest BCUT2D eigenvalue weighted by atomic mass is 19.4. The highest BCUT2D eigenvalue weighted by Gasteiger charge is 2.38. The van der Waals surface area contributed by atoms with E-state index in [2.05, 4.69) is 44.8 Å². The molecule has 33 heavy (non-hydrogen) atoms. The SMILES string of the molecule is CN(C)C1CCCCC1Nc1cc(NCc2ncn[nH]2)nc(C2CC2)n1.O=C(O)C(F)(F)F. The fraction of sp³-hybridized carbons (Fsp3) is 0.650. The van der Waals surface area contributed by atoms with Gasteiger partial charge in [0.05, 0.1) is 6.54 Å². The summed E-state index contributed by atoms with van der Waals surface area (Å²) < 4.78 is 31.7. The van der Waals surface area contributed by atoms with E-state index < -0.39 is 12.1 Å². The molecule has 0 amide bonds. The largest absolute Gasteiger partial charge is 0.490 e. The third kappa shape index (κ3) is 7.55. The zero-order valence-electron chi connectivity index (χ0n) is 18.6. The number of rotatable bonds is 7. The van der Waals surface area contributed by atoms with E-state index in [0.29, 0.717) is 24.5 Å². The van der Waals surface area contributed by atoms with Gasteiger partial charge in [-0.2, -0.15) is 18.3 Å². The van der Waals surface area contributed by atoms with Crippen molar-refractivity contribution in [2.24, 2.45) is 0 Å². The highest BCUT2D eigenvalue weighted by Crippen LogP contribution is 2.39. The van der Waals surface area contributed by atoms with Crippen LogP contribution in [0.15, 0.2) is 12.4 Å². The summed E-state index contributed by atoms with van der Waals surface area (Å²) in [5, 5.41) is 20.9. The normalized spacial score (nSPS) is 20.7. The molecule has 0 radical (unpaired) electrons. The second-order valence-corrected chi connectivity index (χ2v) is 8.43. The predicted molar refractivity (Wildman–Crippen MR) is 115 cm³/mol. The summed E-state index contributed by atoms with van der Waals surface area (Å²) in [6.07, 6.45) is 3.82. The van der Waals surface area contributed by atoms with Gasteiger partial charge in [0.2, 0.25) is 0 Å². The number of aliphatic carboxylic acids is 1. The van der Waals surface area contributed by atoms with Gasteiger partial charge in [-0.3, -0.25) is 5.10 Å². The van der Waals surface area contributed by atoms with Crippen molar-refractivity contribution in [2.75, 3.05) is 24.7 Å². The Hall–Kier alpha value is -2.96. The lowest BCUT2D eigenvalue weighted by atomic mass is 9.89. The predicted octanol–water partition coefficient (Wildman–Crippen LogP) is 3.00. The number of nitrogens with one attached hydrogen (secondary N) is 3. The quantitative estimate of drug-likeness (QED) is 0.482. The summed E-state index contributed by atoms with van der Waals surface area (Å²) in [6.45, 7) is 0.574. The number of likely N-dealkylation sites (N-methyl/N-ethyl adjacent to an activating group) is 1. The number of carboxylic acids is 1. The summed E-state index contributed by atoms with van der Waals surface area (Å²) in [5.74, 6) is 1.28. The third-order valence-corrected chi connectivity index (χ3v) is 5.56. The minimum atomic E-state index is -5.08. The van der Waals surface area contributed by atoms with Crippen LogP contribution < -0.4 is 10.6 Å². The monoisotopic (exact) mass is 470 g/mol. The van der Waals surface area contributed by atoms with Gasteiger partial charge in [0.15, 0.2) is 0 Å². The maximum Gasteiger partial charge on any atom is 0.490 e. The lowest BCUT2D eigenvalue weighted by Crippen LogP contribution is -2.45. The van der Waals surface area contributed by atoms with E-state index in [0.717, 1.165) is 23.3 Å². The van der Waals surface area contributed by atoms with E-state index >= 15 is 0 Å². The minimum absolute atomic E-state index is 0.433. The van der Waals surface area contributed by atoms with Gasteiger partial charge in [0, 0.05) is 24.1 Å². The number of aromatic nitrogens is 5. The van der Waals surface area contributed by atoms with Crippen LogP contribution in [0.2, 0.25) is 0 Å². The number of alkyl halides is 3. The van der Waals surface area contributed by atoms with Crippen LogP contribution in [0.25, 0.3) is 0 Å². The zero-order valence-corrected chi connectivity index (χ0v) is 18.6. The molecule has 0 spiro atoms. The Balaban J connectivity index is 0.000000383. The van der Waals surface area contributed by atoms with Crippen molar-refractivity contribution in [3.8, 4) is 0 Å². The molecule has 4 N–H and O–H groups in total. The molecule has 2 aliphatic carbocycles. The van der Waals surface area contributed by atoms with Gasteiger partial charge < -0.3 is 20.6 Å². The van der Waals surface area contributed by atoms with E-state index in [4.69, 9.17) is 19.9 Å². The summed E-state index contributed by atoms with van der Waals surface area (Å²) in [5.41, 5.74) is 0. The van der Waals surface area contributed by atoms with Crippen molar-refractivity contribution in [3.63, 3.8) is 0 Å².